The molecule has 94 valence electrons. The van der Waals surface area contributed by atoms with Crippen LogP contribution in [0.3, 0.4) is 0 Å². The lowest BCUT2D eigenvalue weighted by atomic mass is 10.2. The Bertz CT molecular complexity index is 141. The van der Waals surface area contributed by atoms with Crippen molar-refractivity contribution in [2.75, 3.05) is 37.9 Å². The molecule has 0 fully saturated rings. The second-order valence-corrected chi connectivity index (χ2v) is 13.8. The highest BCUT2D eigenvalue weighted by molar-refractivity contribution is 9.21. The van der Waals surface area contributed by atoms with Gasteiger partial charge in [0, 0.05) is 5.75 Å². The van der Waals surface area contributed by atoms with Crippen LogP contribution in [0.15, 0.2) is 0 Å². The topological polar surface area (TPSA) is 3.24 Å². The fraction of sp³-hybridized carbons (Fsp3) is 1.00. The molecule has 4 heteroatoms. The first kappa shape index (κ1) is 16.0. The van der Waals surface area contributed by atoms with Gasteiger partial charge in [-0.15, -0.1) is 22.5 Å². The summed E-state index contributed by atoms with van der Waals surface area (Å²) < 4.78 is 0. The van der Waals surface area contributed by atoms with Gasteiger partial charge >= 0.3 is 0 Å². The summed E-state index contributed by atoms with van der Waals surface area (Å²) in [6.45, 7) is 8.14. The molecule has 0 aromatic heterocycles. The normalized spacial score (nSPS) is 13.5. The van der Waals surface area contributed by atoms with Crippen molar-refractivity contribution >= 4 is 30.5 Å². The first-order chi connectivity index (χ1) is 6.99. The molecule has 0 atom stereocenters. The van der Waals surface area contributed by atoms with Crippen LogP contribution in [0.4, 0.5) is 0 Å². The van der Waals surface area contributed by atoms with Gasteiger partial charge in [-0.3, -0.25) is 0 Å². The Balaban J connectivity index is 3.25. The molecule has 0 rings (SSSR count). The molecule has 0 unspecified atom stereocenters. The largest absolute Gasteiger partial charge is 0.304 e. The van der Waals surface area contributed by atoms with Crippen molar-refractivity contribution in [2.45, 2.75) is 33.1 Å². The molecule has 0 amide bonds. The van der Waals surface area contributed by atoms with Crippen LogP contribution in [0, 0.1) is 0 Å². The average molecular weight is 270 g/mol. The minimum absolute atomic E-state index is 0.636. The van der Waals surface area contributed by atoms with Crippen molar-refractivity contribution in [1.29, 1.82) is 0 Å². The zero-order chi connectivity index (χ0) is 11.7. The molecule has 0 aliphatic rings. The summed E-state index contributed by atoms with van der Waals surface area (Å²) in [5.74, 6) is 1.28. The van der Waals surface area contributed by atoms with Gasteiger partial charge in [-0.05, 0) is 45.0 Å². The summed E-state index contributed by atoms with van der Waals surface area (Å²) in [4.78, 5) is 2.50. The molecule has 0 saturated heterocycles. The van der Waals surface area contributed by atoms with Crippen LogP contribution in [-0.2, 0) is 0 Å². The van der Waals surface area contributed by atoms with Crippen molar-refractivity contribution in [3.63, 3.8) is 0 Å². The van der Waals surface area contributed by atoms with Gasteiger partial charge in [0.15, 0.2) is 0 Å². The van der Waals surface area contributed by atoms with Gasteiger partial charge in [0.25, 0.3) is 0 Å². The van der Waals surface area contributed by atoms with Crippen molar-refractivity contribution in [1.82, 2.24) is 4.90 Å². The predicted octanol–water partition coefficient (Wildman–Crippen LogP) is 4.06. The van der Waals surface area contributed by atoms with Gasteiger partial charge in [0.2, 0.25) is 0 Å². The summed E-state index contributed by atoms with van der Waals surface area (Å²) >= 11 is 4.58. The summed E-state index contributed by atoms with van der Waals surface area (Å²) in [6, 6.07) is 0. The average Bonchev–Trinajstić information content (AvgIpc) is 2.15. The Morgan fingerprint density at radius 3 is 2.13 bits per heavy atom. The Kier molecular flexibility index (Phi) is 9.69. The lowest BCUT2D eigenvalue weighted by Gasteiger charge is -2.22. The van der Waals surface area contributed by atoms with Crippen molar-refractivity contribution in [3.05, 3.63) is 0 Å². The van der Waals surface area contributed by atoms with E-state index in [1.165, 1.54) is 44.6 Å². The van der Waals surface area contributed by atoms with E-state index in [0.29, 0.717) is 0 Å². The molecule has 0 N–H and O–H groups in total. The molecule has 0 radical (unpaired) electrons. The highest BCUT2D eigenvalue weighted by Gasteiger charge is 2.04. The van der Waals surface area contributed by atoms with Gasteiger partial charge in [-0.1, -0.05) is 20.3 Å². The van der Waals surface area contributed by atoms with E-state index in [1.807, 2.05) is 10.8 Å². The van der Waals surface area contributed by atoms with Gasteiger partial charge in [-0.25, -0.2) is 0 Å². The molecule has 0 aliphatic heterocycles. The highest BCUT2D eigenvalue weighted by atomic mass is 33.5. The third-order valence-electron chi connectivity index (χ3n) is 2.38. The highest BCUT2D eigenvalue weighted by Crippen LogP contribution is 2.57. The first-order valence-electron chi connectivity index (χ1n) is 5.82. The molecule has 0 spiro atoms. The maximum atomic E-state index is 4.58. The smallest absolute Gasteiger partial charge is 0.00291 e. The zero-order valence-electron chi connectivity index (χ0n) is 10.7. The van der Waals surface area contributed by atoms with Gasteiger partial charge in [0.05, 0.1) is 0 Å². The van der Waals surface area contributed by atoms with E-state index in [4.69, 9.17) is 0 Å². The summed E-state index contributed by atoms with van der Waals surface area (Å²) in [5.41, 5.74) is 0. The molecule has 0 aromatic rings. The first-order valence-corrected chi connectivity index (χ1v) is 10.8. The van der Waals surface area contributed by atoms with Crippen LogP contribution in [-0.4, -0.2) is 42.8 Å². The van der Waals surface area contributed by atoms with Gasteiger partial charge < -0.3 is 4.90 Å². The summed E-state index contributed by atoms with van der Waals surface area (Å²) in [6.07, 6.45) is 8.56. The van der Waals surface area contributed by atoms with Crippen molar-refractivity contribution < 1.29 is 0 Å². The fourth-order valence-electron chi connectivity index (χ4n) is 1.42. The minimum Gasteiger partial charge on any atom is -0.304 e. The molecular weight excluding hydrogens is 242 g/mol. The number of thiol groups is 1. The Morgan fingerprint density at radius 2 is 1.67 bits per heavy atom. The molecule has 0 aromatic carbocycles. The molecule has 15 heavy (non-hydrogen) atoms. The number of unbranched alkanes of at least 4 members (excludes halogenated alkanes) is 2. The minimum atomic E-state index is -0.636. The quantitative estimate of drug-likeness (QED) is 0.382. The van der Waals surface area contributed by atoms with E-state index in [9.17, 15) is 0 Å². The number of hydrogen-bond donors (Lipinski definition) is 1. The Morgan fingerprint density at radius 1 is 1.07 bits per heavy atom. The van der Waals surface area contributed by atoms with Gasteiger partial charge in [-0.2, -0.15) is 8.09 Å². The molecule has 1 nitrogen and oxygen atoms in total. The number of hydrogen-bond acceptors (Lipinski definition) is 3. The Labute approximate surface area is 106 Å². The molecule has 0 heterocycles. The second-order valence-electron chi connectivity index (χ2n) is 4.09. The van der Waals surface area contributed by atoms with E-state index in [0.717, 1.165) is 0 Å². The molecule has 0 aliphatic carbocycles. The lowest BCUT2D eigenvalue weighted by molar-refractivity contribution is 0.296. The standard InChI is InChI=1S/C11H27NS3/c1-5-12(6-2)10-8-7-9-11-14-15(3,4)13/h13H,5-11H2,1-4H3. The zero-order valence-corrected chi connectivity index (χ0v) is 13.2. The molecular formula is C11H27NS3. The monoisotopic (exact) mass is 269 g/mol. The van der Waals surface area contributed by atoms with Crippen molar-refractivity contribution in [2.24, 2.45) is 0 Å². The maximum Gasteiger partial charge on any atom is 0.00291 e. The fourth-order valence-corrected chi connectivity index (χ4v) is 4.39. The third kappa shape index (κ3) is 11.3. The summed E-state index contributed by atoms with van der Waals surface area (Å²) in [5, 5.41) is 0. The second kappa shape index (κ2) is 9.08. The van der Waals surface area contributed by atoms with Crippen molar-refractivity contribution in [3.8, 4) is 0 Å². The predicted molar refractivity (Wildman–Crippen MR) is 82.5 cm³/mol. The number of rotatable bonds is 9. The lowest BCUT2D eigenvalue weighted by Crippen LogP contribution is -2.23. The summed E-state index contributed by atoms with van der Waals surface area (Å²) in [7, 11) is 1.40. The van der Waals surface area contributed by atoms with E-state index >= 15 is 0 Å². The van der Waals surface area contributed by atoms with Crippen LogP contribution >= 0.6 is 30.5 Å². The van der Waals surface area contributed by atoms with Crippen LogP contribution in [0.5, 0.6) is 0 Å². The van der Waals surface area contributed by atoms with Crippen LogP contribution in [0.25, 0.3) is 0 Å². The molecule has 0 saturated carbocycles. The molecule has 0 bridgehead atoms. The van der Waals surface area contributed by atoms with Gasteiger partial charge in [0.1, 0.15) is 0 Å². The van der Waals surface area contributed by atoms with E-state index in [1.54, 1.807) is 0 Å². The van der Waals surface area contributed by atoms with Crippen LogP contribution in [0.2, 0.25) is 0 Å². The van der Waals surface area contributed by atoms with E-state index in [2.05, 4.69) is 42.9 Å². The Hall–Kier alpha value is 1.01. The van der Waals surface area contributed by atoms with E-state index in [-0.39, 0.29) is 0 Å². The number of nitrogens with zero attached hydrogens (tertiary/aromatic N) is 1. The van der Waals surface area contributed by atoms with Crippen LogP contribution < -0.4 is 0 Å². The SMILES string of the molecule is CCN(CC)CCCCCSS(C)(C)S. The van der Waals surface area contributed by atoms with Crippen LogP contribution in [0.1, 0.15) is 33.1 Å². The maximum absolute atomic E-state index is 4.58. The van der Waals surface area contributed by atoms with E-state index < -0.39 is 8.09 Å². The third-order valence-corrected chi connectivity index (χ3v) is 6.60.